The number of rotatable bonds is 2. The van der Waals surface area contributed by atoms with Gasteiger partial charge in [-0.1, -0.05) is 6.07 Å². The third kappa shape index (κ3) is 2.82. The van der Waals surface area contributed by atoms with Crippen LogP contribution in [0.2, 0.25) is 0 Å². The normalized spacial score (nSPS) is 23.6. The molecule has 94 valence electrons. The van der Waals surface area contributed by atoms with Crippen molar-refractivity contribution in [1.29, 1.82) is 0 Å². The average Bonchev–Trinajstić information content (AvgIpc) is 2.32. The summed E-state index contributed by atoms with van der Waals surface area (Å²) in [4.78, 5) is 2.29. The van der Waals surface area contributed by atoms with Crippen LogP contribution in [0.5, 0.6) is 0 Å². The summed E-state index contributed by atoms with van der Waals surface area (Å²) in [7, 11) is 0. The van der Waals surface area contributed by atoms with Gasteiger partial charge in [0.1, 0.15) is 0 Å². The van der Waals surface area contributed by atoms with E-state index in [-0.39, 0.29) is 6.04 Å². The van der Waals surface area contributed by atoms with Gasteiger partial charge in [0.05, 0.1) is 0 Å². The van der Waals surface area contributed by atoms with E-state index in [9.17, 15) is 8.78 Å². The first-order valence-electron chi connectivity index (χ1n) is 6.00. The molecule has 0 spiro atoms. The summed E-state index contributed by atoms with van der Waals surface area (Å²) in [6.07, 6.45) is 0. The summed E-state index contributed by atoms with van der Waals surface area (Å²) in [5.74, 6) is -1.55. The Kier molecular flexibility index (Phi) is 3.74. The van der Waals surface area contributed by atoms with Gasteiger partial charge in [-0.25, -0.2) is 8.78 Å². The molecular weight excluding hydrogens is 222 g/mol. The van der Waals surface area contributed by atoms with Crippen molar-refractivity contribution in [3.63, 3.8) is 0 Å². The molecule has 1 aromatic carbocycles. The molecule has 1 aliphatic rings. The minimum Gasteiger partial charge on any atom is -0.312 e. The lowest BCUT2D eigenvalue weighted by Gasteiger charge is -2.36. The summed E-state index contributed by atoms with van der Waals surface area (Å²) in [6.45, 7) is 6.97. The highest BCUT2D eigenvalue weighted by molar-refractivity contribution is 5.21. The van der Waals surface area contributed by atoms with Crippen LogP contribution in [0.4, 0.5) is 8.78 Å². The van der Waals surface area contributed by atoms with Crippen molar-refractivity contribution in [1.82, 2.24) is 10.2 Å². The van der Waals surface area contributed by atoms with Gasteiger partial charge < -0.3 is 5.32 Å². The van der Waals surface area contributed by atoms with Crippen molar-refractivity contribution in [2.24, 2.45) is 0 Å². The lowest BCUT2D eigenvalue weighted by molar-refractivity contribution is 0.158. The first kappa shape index (κ1) is 12.5. The average molecular weight is 240 g/mol. The third-order valence-electron chi connectivity index (χ3n) is 3.37. The lowest BCUT2D eigenvalue weighted by Crippen LogP contribution is -2.49. The van der Waals surface area contributed by atoms with Crippen LogP contribution in [0.1, 0.15) is 25.5 Å². The van der Waals surface area contributed by atoms with E-state index in [0.717, 1.165) is 25.2 Å². The Bertz CT molecular complexity index is 395. The molecular formula is C13H18F2N2. The molecule has 4 heteroatoms. The van der Waals surface area contributed by atoms with E-state index in [2.05, 4.69) is 17.1 Å². The van der Waals surface area contributed by atoms with Crippen LogP contribution in [-0.2, 0) is 0 Å². The second-order valence-electron chi connectivity index (χ2n) is 4.70. The number of nitrogens with zero attached hydrogens (tertiary/aromatic N) is 1. The standard InChI is InChI=1S/C13H18F2N2/c1-9-8-17(6-5-16-9)10(2)11-3-4-12(14)13(15)7-11/h3-4,7,9-10,16H,5-6,8H2,1-2H3/t9-,10+/m1/s1. The van der Waals surface area contributed by atoms with Crippen LogP contribution in [0.3, 0.4) is 0 Å². The summed E-state index contributed by atoms with van der Waals surface area (Å²) >= 11 is 0. The SMILES string of the molecule is C[C@@H]1CN([C@@H](C)c2ccc(F)c(F)c2)CCN1. The Morgan fingerprint density at radius 2 is 2.12 bits per heavy atom. The predicted octanol–water partition coefficient (Wildman–Crippen LogP) is 2.32. The van der Waals surface area contributed by atoms with Gasteiger partial charge in [0.2, 0.25) is 0 Å². The maximum Gasteiger partial charge on any atom is 0.159 e. The summed E-state index contributed by atoms with van der Waals surface area (Å²) in [5, 5.41) is 3.36. The van der Waals surface area contributed by atoms with Gasteiger partial charge in [-0.3, -0.25) is 4.90 Å². The Morgan fingerprint density at radius 1 is 1.35 bits per heavy atom. The minimum absolute atomic E-state index is 0.120. The van der Waals surface area contributed by atoms with Crippen LogP contribution in [0.25, 0.3) is 0 Å². The quantitative estimate of drug-likeness (QED) is 0.853. The van der Waals surface area contributed by atoms with Crippen LogP contribution in [-0.4, -0.2) is 30.6 Å². The van der Waals surface area contributed by atoms with E-state index in [0.29, 0.717) is 6.04 Å². The lowest BCUT2D eigenvalue weighted by atomic mass is 10.0. The molecule has 1 heterocycles. The molecule has 2 rings (SSSR count). The molecule has 17 heavy (non-hydrogen) atoms. The van der Waals surface area contributed by atoms with Gasteiger partial charge in [0.15, 0.2) is 11.6 Å². The third-order valence-corrected chi connectivity index (χ3v) is 3.37. The second-order valence-corrected chi connectivity index (χ2v) is 4.70. The Balaban J connectivity index is 2.12. The largest absolute Gasteiger partial charge is 0.312 e. The molecule has 0 aliphatic carbocycles. The predicted molar refractivity (Wildman–Crippen MR) is 63.8 cm³/mol. The smallest absolute Gasteiger partial charge is 0.159 e. The minimum atomic E-state index is -0.783. The second kappa shape index (κ2) is 5.10. The van der Waals surface area contributed by atoms with Crippen molar-refractivity contribution in [3.05, 3.63) is 35.4 Å². The van der Waals surface area contributed by atoms with Crippen LogP contribution >= 0.6 is 0 Å². The van der Waals surface area contributed by atoms with Gasteiger partial charge in [-0.15, -0.1) is 0 Å². The Morgan fingerprint density at radius 3 is 2.76 bits per heavy atom. The number of benzene rings is 1. The zero-order valence-corrected chi connectivity index (χ0v) is 10.2. The molecule has 1 N–H and O–H groups in total. The summed E-state index contributed by atoms with van der Waals surface area (Å²) in [5.41, 5.74) is 0.831. The summed E-state index contributed by atoms with van der Waals surface area (Å²) < 4.78 is 26.0. The zero-order valence-electron chi connectivity index (χ0n) is 10.2. The molecule has 1 saturated heterocycles. The first-order chi connectivity index (χ1) is 8.08. The number of piperazine rings is 1. The monoisotopic (exact) mass is 240 g/mol. The summed E-state index contributed by atoms with van der Waals surface area (Å²) in [6, 6.07) is 4.72. The molecule has 0 aromatic heterocycles. The van der Waals surface area contributed by atoms with Crippen molar-refractivity contribution in [3.8, 4) is 0 Å². The molecule has 1 aliphatic heterocycles. The van der Waals surface area contributed by atoms with Crippen molar-refractivity contribution < 1.29 is 8.78 Å². The Hall–Kier alpha value is -1.00. The highest BCUT2D eigenvalue weighted by Gasteiger charge is 2.22. The van der Waals surface area contributed by atoms with Crippen molar-refractivity contribution in [2.45, 2.75) is 25.9 Å². The maximum absolute atomic E-state index is 13.2. The Labute approximate surface area is 101 Å². The van der Waals surface area contributed by atoms with Gasteiger partial charge in [0.25, 0.3) is 0 Å². The molecule has 0 bridgehead atoms. The molecule has 2 nitrogen and oxygen atoms in total. The number of halogens is 2. The molecule has 0 unspecified atom stereocenters. The van der Waals surface area contributed by atoms with Gasteiger partial charge in [-0.2, -0.15) is 0 Å². The van der Waals surface area contributed by atoms with Gasteiger partial charge in [0, 0.05) is 31.7 Å². The molecule has 2 atom stereocenters. The fourth-order valence-electron chi connectivity index (χ4n) is 2.30. The van der Waals surface area contributed by atoms with Gasteiger partial charge in [-0.05, 0) is 31.5 Å². The fourth-order valence-corrected chi connectivity index (χ4v) is 2.30. The van der Waals surface area contributed by atoms with E-state index in [1.165, 1.54) is 12.1 Å². The van der Waals surface area contributed by atoms with E-state index in [1.54, 1.807) is 6.07 Å². The van der Waals surface area contributed by atoms with E-state index in [1.807, 2.05) is 6.92 Å². The van der Waals surface area contributed by atoms with Crippen LogP contribution in [0.15, 0.2) is 18.2 Å². The fraction of sp³-hybridized carbons (Fsp3) is 0.538. The van der Waals surface area contributed by atoms with Gasteiger partial charge >= 0.3 is 0 Å². The molecule has 1 aromatic rings. The topological polar surface area (TPSA) is 15.3 Å². The number of nitrogens with one attached hydrogen (secondary N) is 1. The van der Waals surface area contributed by atoms with Crippen molar-refractivity contribution >= 4 is 0 Å². The molecule has 0 saturated carbocycles. The van der Waals surface area contributed by atoms with E-state index < -0.39 is 11.6 Å². The first-order valence-corrected chi connectivity index (χ1v) is 6.00. The number of hydrogen-bond acceptors (Lipinski definition) is 2. The molecule has 0 radical (unpaired) electrons. The number of hydrogen-bond donors (Lipinski definition) is 1. The van der Waals surface area contributed by atoms with E-state index in [4.69, 9.17) is 0 Å². The highest BCUT2D eigenvalue weighted by Crippen LogP contribution is 2.22. The highest BCUT2D eigenvalue weighted by atomic mass is 19.2. The van der Waals surface area contributed by atoms with E-state index >= 15 is 0 Å². The molecule has 1 fully saturated rings. The van der Waals surface area contributed by atoms with Crippen LogP contribution < -0.4 is 5.32 Å². The van der Waals surface area contributed by atoms with Crippen LogP contribution in [0, 0.1) is 11.6 Å². The van der Waals surface area contributed by atoms with Crippen molar-refractivity contribution in [2.75, 3.05) is 19.6 Å². The maximum atomic E-state index is 13.2. The molecule has 0 amide bonds. The zero-order chi connectivity index (χ0) is 12.4.